The van der Waals surface area contributed by atoms with Gasteiger partial charge in [-0.1, -0.05) is 6.92 Å². The van der Waals surface area contributed by atoms with Crippen molar-refractivity contribution >= 4 is 6.29 Å². The Labute approximate surface area is 74.4 Å². The lowest BCUT2D eigenvalue weighted by Crippen LogP contribution is -2.24. The summed E-state index contributed by atoms with van der Waals surface area (Å²) in [7, 11) is 1.85. The zero-order valence-electron chi connectivity index (χ0n) is 8.08. The molecule has 0 aromatic rings. The molecule has 0 saturated heterocycles. The number of nitrogens with zero attached hydrogens (tertiary/aromatic N) is 1. The van der Waals surface area contributed by atoms with E-state index in [1.165, 1.54) is 0 Å². The Morgan fingerprint density at radius 1 is 1.58 bits per heavy atom. The summed E-state index contributed by atoms with van der Waals surface area (Å²) in [6.07, 6.45) is 4.80. The number of carbonyl (C=O) groups excluding carboxylic acids is 1. The van der Waals surface area contributed by atoms with Crippen molar-refractivity contribution in [2.45, 2.75) is 13.8 Å². The van der Waals surface area contributed by atoms with Crippen LogP contribution in [0.3, 0.4) is 0 Å². The molecule has 12 heavy (non-hydrogen) atoms. The number of hydrogen-bond acceptors (Lipinski definition) is 3. The Kier molecular flexibility index (Phi) is 6.15. The molecule has 0 rings (SSSR count). The van der Waals surface area contributed by atoms with E-state index >= 15 is 0 Å². The second kappa shape index (κ2) is 6.70. The van der Waals surface area contributed by atoms with Crippen LogP contribution in [0.1, 0.15) is 13.8 Å². The van der Waals surface area contributed by atoms with Crippen LogP contribution in [0.2, 0.25) is 0 Å². The van der Waals surface area contributed by atoms with Gasteiger partial charge in [-0.05, 0) is 6.92 Å². The Balaban J connectivity index is 3.81. The molecular weight excluding hydrogens is 152 g/mol. The summed E-state index contributed by atoms with van der Waals surface area (Å²) in [5, 5.41) is 2.91. The van der Waals surface area contributed by atoms with Crippen LogP contribution >= 0.6 is 0 Å². The molecule has 0 fully saturated rings. The first-order chi connectivity index (χ1) is 5.74. The van der Waals surface area contributed by atoms with Crippen molar-refractivity contribution in [1.82, 2.24) is 10.2 Å². The maximum Gasteiger partial charge on any atom is 0.124 e. The van der Waals surface area contributed by atoms with Crippen molar-refractivity contribution in [3.63, 3.8) is 0 Å². The van der Waals surface area contributed by atoms with E-state index < -0.39 is 0 Å². The van der Waals surface area contributed by atoms with Gasteiger partial charge in [0.15, 0.2) is 0 Å². The summed E-state index contributed by atoms with van der Waals surface area (Å²) in [4.78, 5) is 12.5. The van der Waals surface area contributed by atoms with Gasteiger partial charge in [-0.2, -0.15) is 0 Å². The summed E-state index contributed by atoms with van der Waals surface area (Å²) in [6, 6.07) is 0. The van der Waals surface area contributed by atoms with Crippen molar-refractivity contribution in [3.8, 4) is 0 Å². The van der Waals surface area contributed by atoms with Crippen LogP contribution < -0.4 is 5.32 Å². The molecule has 0 amide bonds. The first-order valence-corrected chi connectivity index (χ1v) is 4.27. The standard InChI is InChI=1S/C9H18N2O/c1-4-11(6-5-10-3)7-9(2)8-12/h5-6,8-10H,4,7H2,1-3H3/b6-5-. The van der Waals surface area contributed by atoms with Crippen LogP contribution in [-0.4, -0.2) is 31.3 Å². The van der Waals surface area contributed by atoms with Gasteiger partial charge in [0.1, 0.15) is 6.29 Å². The van der Waals surface area contributed by atoms with Gasteiger partial charge in [-0.25, -0.2) is 0 Å². The van der Waals surface area contributed by atoms with Crippen molar-refractivity contribution < 1.29 is 4.79 Å². The molecule has 0 radical (unpaired) electrons. The quantitative estimate of drug-likeness (QED) is 0.599. The van der Waals surface area contributed by atoms with Crippen molar-refractivity contribution in [3.05, 3.63) is 12.4 Å². The van der Waals surface area contributed by atoms with Gasteiger partial charge in [0.2, 0.25) is 0 Å². The fraction of sp³-hybridized carbons (Fsp3) is 0.667. The normalized spacial score (nSPS) is 12.9. The predicted octanol–water partition coefficient (Wildman–Crippen LogP) is 0.834. The fourth-order valence-corrected chi connectivity index (χ4v) is 0.888. The van der Waals surface area contributed by atoms with E-state index in [1.807, 2.05) is 26.4 Å². The van der Waals surface area contributed by atoms with E-state index in [2.05, 4.69) is 17.1 Å². The minimum absolute atomic E-state index is 0.103. The summed E-state index contributed by atoms with van der Waals surface area (Å²) in [5.74, 6) is 0.103. The Bertz CT molecular complexity index is 145. The highest BCUT2D eigenvalue weighted by molar-refractivity contribution is 5.53. The SMILES string of the molecule is CCN(/C=C\NC)CC(C)C=O. The number of nitrogens with one attached hydrogen (secondary N) is 1. The van der Waals surface area contributed by atoms with Crippen LogP contribution in [0.5, 0.6) is 0 Å². The first-order valence-electron chi connectivity index (χ1n) is 4.27. The van der Waals surface area contributed by atoms with Gasteiger partial charge in [-0.3, -0.25) is 0 Å². The van der Waals surface area contributed by atoms with Gasteiger partial charge in [-0.15, -0.1) is 0 Å². The Morgan fingerprint density at radius 3 is 2.67 bits per heavy atom. The van der Waals surface area contributed by atoms with E-state index in [4.69, 9.17) is 0 Å². The number of carbonyl (C=O) groups is 1. The minimum Gasteiger partial charge on any atom is -0.393 e. The molecule has 3 heteroatoms. The topological polar surface area (TPSA) is 32.3 Å². The molecule has 1 unspecified atom stereocenters. The minimum atomic E-state index is 0.103. The average molecular weight is 170 g/mol. The molecule has 0 saturated carbocycles. The molecule has 0 aliphatic carbocycles. The Morgan fingerprint density at radius 2 is 2.25 bits per heavy atom. The lowest BCUT2D eigenvalue weighted by molar-refractivity contribution is -0.111. The second-order valence-electron chi connectivity index (χ2n) is 2.81. The molecule has 1 atom stereocenters. The van der Waals surface area contributed by atoms with E-state index in [1.54, 1.807) is 0 Å². The van der Waals surface area contributed by atoms with Crippen molar-refractivity contribution in [1.29, 1.82) is 0 Å². The average Bonchev–Trinajstić information content (AvgIpc) is 2.11. The van der Waals surface area contributed by atoms with E-state index in [0.29, 0.717) is 0 Å². The third kappa shape index (κ3) is 4.77. The molecule has 0 spiro atoms. The largest absolute Gasteiger partial charge is 0.393 e. The fourth-order valence-electron chi connectivity index (χ4n) is 0.888. The van der Waals surface area contributed by atoms with E-state index in [-0.39, 0.29) is 5.92 Å². The highest BCUT2D eigenvalue weighted by atomic mass is 16.1. The van der Waals surface area contributed by atoms with Gasteiger partial charge >= 0.3 is 0 Å². The van der Waals surface area contributed by atoms with Crippen LogP contribution in [0.25, 0.3) is 0 Å². The van der Waals surface area contributed by atoms with Crippen LogP contribution in [-0.2, 0) is 4.79 Å². The van der Waals surface area contributed by atoms with Crippen molar-refractivity contribution in [2.75, 3.05) is 20.1 Å². The van der Waals surface area contributed by atoms with Gasteiger partial charge < -0.3 is 15.0 Å². The van der Waals surface area contributed by atoms with Crippen LogP contribution in [0.4, 0.5) is 0 Å². The van der Waals surface area contributed by atoms with Crippen molar-refractivity contribution in [2.24, 2.45) is 5.92 Å². The molecule has 0 aromatic carbocycles. The summed E-state index contributed by atoms with van der Waals surface area (Å²) in [6.45, 7) is 5.70. The number of rotatable bonds is 6. The molecule has 0 aliphatic rings. The molecular formula is C9H18N2O. The first kappa shape index (κ1) is 11.0. The smallest absolute Gasteiger partial charge is 0.124 e. The summed E-state index contributed by atoms with van der Waals surface area (Å²) < 4.78 is 0. The zero-order valence-corrected chi connectivity index (χ0v) is 8.08. The highest BCUT2D eigenvalue weighted by Crippen LogP contribution is 1.96. The number of aldehydes is 1. The van der Waals surface area contributed by atoms with E-state index in [0.717, 1.165) is 19.4 Å². The van der Waals surface area contributed by atoms with Crippen LogP contribution in [0.15, 0.2) is 12.4 Å². The maximum atomic E-state index is 10.4. The third-order valence-corrected chi connectivity index (χ3v) is 1.61. The molecule has 70 valence electrons. The molecule has 3 nitrogen and oxygen atoms in total. The van der Waals surface area contributed by atoms with Gasteiger partial charge in [0, 0.05) is 38.5 Å². The van der Waals surface area contributed by atoms with Gasteiger partial charge in [0.25, 0.3) is 0 Å². The second-order valence-corrected chi connectivity index (χ2v) is 2.81. The monoisotopic (exact) mass is 170 g/mol. The Hall–Kier alpha value is -0.990. The molecule has 0 bridgehead atoms. The maximum absolute atomic E-state index is 10.4. The summed E-state index contributed by atoms with van der Waals surface area (Å²) in [5.41, 5.74) is 0. The number of hydrogen-bond donors (Lipinski definition) is 1. The lowest BCUT2D eigenvalue weighted by Gasteiger charge is -2.19. The highest BCUT2D eigenvalue weighted by Gasteiger charge is 2.02. The predicted molar refractivity (Wildman–Crippen MR) is 50.7 cm³/mol. The van der Waals surface area contributed by atoms with Gasteiger partial charge in [0.05, 0.1) is 0 Å². The van der Waals surface area contributed by atoms with Crippen LogP contribution in [0, 0.1) is 5.92 Å². The zero-order chi connectivity index (χ0) is 9.40. The lowest BCUT2D eigenvalue weighted by atomic mass is 10.2. The third-order valence-electron chi connectivity index (χ3n) is 1.61. The molecule has 0 heterocycles. The summed E-state index contributed by atoms with van der Waals surface area (Å²) >= 11 is 0. The molecule has 0 aromatic heterocycles. The molecule has 1 N–H and O–H groups in total. The van der Waals surface area contributed by atoms with E-state index in [9.17, 15) is 4.79 Å². The molecule has 0 aliphatic heterocycles.